The van der Waals surface area contributed by atoms with Crippen LogP contribution in [-0.2, 0) is 4.79 Å². The molecule has 7 nitrogen and oxygen atoms in total. The van der Waals surface area contributed by atoms with Gasteiger partial charge in [-0.2, -0.15) is 4.98 Å². The van der Waals surface area contributed by atoms with Crippen molar-refractivity contribution < 1.29 is 14.1 Å². The van der Waals surface area contributed by atoms with Gasteiger partial charge in [-0.15, -0.1) is 0 Å². The molecule has 3 heterocycles. The largest absolute Gasteiger partial charge is 0.486 e. The fourth-order valence-corrected chi connectivity index (χ4v) is 4.08. The highest BCUT2D eigenvalue weighted by molar-refractivity contribution is 5.79. The highest BCUT2D eigenvalue weighted by Gasteiger charge is 2.34. The summed E-state index contributed by atoms with van der Waals surface area (Å²) < 4.78 is 11.6. The van der Waals surface area contributed by atoms with Gasteiger partial charge in [-0.1, -0.05) is 30.1 Å². The first kappa shape index (κ1) is 18.6. The van der Waals surface area contributed by atoms with Gasteiger partial charge in [0.25, 0.3) is 5.89 Å². The number of nitrogens with zero attached hydrogens (tertiary/aromatic N) is 4. The Morgan fingerprint density at radius 2 is 1.86 bits per heavy atom. The van der Waals surface area contributed by atoms with Crippen LogP contribution in [0.3, 0.4) is 0 Å². The van der Waals surface area contributed by atoms with Gasteiger partial charge < -0.3 is 14.2 Å². The lowest BCUT2D eigenvalue weighted by molar-refractivity contribution is -0.141. The van der Waals surface area contributed by atoms with Crippen molar-refractivity contribution in [3.63, 3.8) is 0 Å². The fraction of sp³-hybridized carbons (Fsp3) is 0.591. The molecular formula is C22H28N4O3. The third-order valence-electron chi connectivity index (χ3n) is 6.05. The van der Waals surface area contributed by atoms with Crippen LogP contribution < -0.4 is 4.74 Å². The topological polar surface area (TPSA) is 71.7 Å². The number of ether oxygens (including phenoxy) is 1. The van der Waals surface area contributed by atoms with Crippen molar-refractivity contribution in [1.82, 2.24) is 19.9 Å². The van der Waals surface area contributed by atoms with Crippen LogP contribution in [-0.4, -0.2) is 64.7 Å². The molecule has 0 radical (unpaired) electrons. The van der Waals surface area contributed by atoms with Gasteiger partial charge in [0.05, 0.1) is 25.2 Å². The monoisotopic (exact) mass is 396 g/mol. The number of benzene rings is 1. The van der Waals surface area contributed by atoms with E-state index in [0.717, 1.165) is 43.1 Å². The Labute approximate surface area is 171 Å². The second-order valence-electron chi connectivity index (χ2n) is 8.46. The van der Waals surface area contributed by atoms with E-state index in [1.54, 1.807) is 0 Å². The van der Waals surface area contributed by atoms with Crippen molar-refractivity contribution in [3.05, 3.63) is 30.1 Å². The van der Waals surface area contributed by atoms with Crippen LogP contribution in [0.15, 0.2) is 28.8 Å². The zero-order chi connectivity index (χ0) is 19.6. The van der Waals surface area contributed by atoms with Crippen LogP contribution in [0.1, 0.15) is 50.3 Å². The molecular weight excluding hydrogens is 368 g/mol. The molecule has 7 heteroatoms. The fourth-order valence-electron chi connectivity index (χ4n) is 4.08. The molecule has 1 aliphatic carbocycles. The van der Waals surface area contributed by atoms with Gasteiger partial charge in [-0.3, -0.25) is 9.69 Å². The zero-order valence-corrected chi connectivity index (χ0v) is 16.8. The van der Waals surface area contributed by atoms with Crippen LogP contribution in [0, 0.1) is 0 Å². The Morgan fingerprint density at radius 3 is 2.62 bits per heavy atom. The van der Waals surface area contributed by atoms with Gasteiger partial charge in [0.15, 0.2) is 5.82 Å². The van der Waals surface area contributed by atoms with E-state index in [9.17, 15) is 4.79 Å². The Bertz CT molecular complexity index is 849. The molecule has 0 unspecified atom stereocenters. The van der Waals surface area contributed by atoms with Crippen LogP contribution in [0.5, 0.6) is 5.75 Å². The molecule has 1 aromatic carbocycles. The second kappa shape index (κ2) is 8.14. The number of aromatic nitrogens is 2. The number of likely N-dealkylation sites (tertiary alicyclic amines) is 2. The average molecular weight is 396 g/mol. The van der Waals surface area contributed by atoms with Gasteiger partial charge in [0, 0.05) is 5.92 Å². The van der Waals surface area contributed by atoms with E-state index < -0.39 is 0 Å². The highest BCUT2D eigenvalue weighted by atomic mass is 16.5. The molecule has 0 atom stereocenters. The summed E-state index contributed by atoms with van der Waals surface area (Å²) in [6, 6.07) is 7.76. The first-order chi connectivity index (χ1) is 14.3. The standard InChI is InChI=1S/C22H28N4O3/c27-20(15-25-11-5-1-2-6-12-25)26-13-17(14-26)28-19-8-4-3-7-18(19)22-23-21(24-29-22)16-9-10-16/h3-4,7-8,16-17H,1-2,5-6,9-15H2. The average Bonchev–Trinajstić information content (AvgIpc) is 3.48. The maximum Gasteiger partial charge on any atom is 0.261 e. The summed E-state index contributed by atoms with van der Waals surface area (Å²) in [6.45, 7) is 3.89. The van der Waals surface area contributed by atoms with Crippen molar-refractivity contribution in [2.45, 2.75) is 50.5 Å². The summed E-state index contributed by atoms with van der Waals surface area (Å²) in [5.41, 5.74) is 0.821. The molecule has 29 heavy (non-hydrogen) atoms. The van der Waals surface area contributed by atoms with Gasteiger partial charge in [-0.25, -0.2) is 0 Å². The van der Waals surface area contributed by atoms with Crippen molar-refractivity contribution >= 4 is 5.91 Å². The van der Waals surface area contributed by atoms with Crippen molar-refractivity contribution in [2.75, 3.05) is 32.7 Å². The zero-order valence-electron chi connectivity index (χ0n) is 16.8. The number of amides is 1. The minimum absolute atomic E-state index is 0.00931. The lowest BCUT2D eigenvalue weighted by Crippen LogP contribution is -2.58. The van der Waals surface area contributed by atoms with E-state index in [-0.39, 0.29) is 12.0 Å². The quantitative estimate of drug-likeness (QED) is 0.747. The molecule has 0 spiro atoms. The van der Waals surface area contributed by atoms with Crippen molar-refractivity contribution in [3.8, 4) is 17.2 Å². The summed E-state index contributed by atoms with van der Waals surface area (Å²) in [7, 11) is 0. The molecule has 3 aliphatic rings. The number of hydrogen-bond acceptors (Lipinski definition) is 6. The maximum absolute atomic E-state index is 12.6. The molecule has 1 saturated carbocycles. The Hall–Kier alpha value is -2.41. The van der Waals surface area contributed by atoms with E-state index >= 15 is 0 Å². The van der Waals surface area contributed by atoms with E-state index in [1.807, 2.05) is 29.2 Å². The number of carbonyl (C=O) groups is 1. The molecule has 154 valence electrons. The maximum atomic E-state index is 12.6. The second-order valence-corrected chi connectivity index (χ2v) is 8.46. The number of rotatable bonds is 6. The van der Waals surface area contributed by atoms with Crippen molar-refractivity contribution in [1.29, 1.82) is 0 Å². The molecule has 0 bridgehead atoms. The van der Waals surface area contributed by atoms with Gasteiger partial charge in [0.1, 0.15) is 11.9 Å². The SMILES string of the molecule is O=C(CN1CCCCCC1)N1CC(Oc2ccccc2-c2nc(C3CC3)no2)C1. The molecule has 2 aliphatic heterocycles. The molecule has 1 amide bonds. The number of para-hydroxylation sites is 1. The predicted octanol–water partition coefficient (Wildman–Crippen LogP) is 3.08. The molecule has 2 saturated heterocycles. The molecule has 2 aromatic rings. The third-order valence-corrected chi connectivity index (χ3v) is 6.05. The Kier molecular flexibility index (Phi) is 5.23. The molecule has 3 fully saturated rings. The first-order valence-electron chi connectivity index (χ1n) is 10.9. The lowest BCUT2D eigenvalue weighted by Gasteiger charge is -2.40. The Balaban J connectivity index is 1.16. The first-order valence-corrected chi connectivity index (χ1v) is 10.9. The van der Waals surface area contributed by atoms with E-state index in [0.29, 0.717) is 31.4 Å². The van der Waals surface area contributed by atoms with E-state index in [2.05, 4.69) is 15.0 Å². The summed E-state index contributed by atoms with van der Waals surface area (Å²) >= 11 is 0. The number of hydrogen-bond donors (Lipinski definition) is 0. The minimum Gasteiger partial charge on any atom is -0.486 e. The predicted molar refractivity (Wildman–Crippen MR) is 108 cm³/mol. The van der Waals surface area contributed by atoms with Crippen LogP contribution in [0.25, 0.3) is 11.5 Å². The van der Waals surface area contributed by atoms with E-state index in [1.165, 1.54) is 25.7 Å². The van der Waals surface area contributed by atoms with Gasteiger partial charge in [0.2, 0.25) is 5.91 Å². The summed E-state index contributed by atoms with van der Waals surface area (Å²) in [6.07, 6.45) is 7.26. The Morgan fingerprint density at radius 1 is 1.10 bits per heavy atom. The highest BCUT2D eigenvalue weighted by Crippen LogP contribution is 2.39. The molecule has 1 aromatic heterocycles. The normalized spacial score (nSPS) is 20.9. The van der Waals surface area contributed by atoms with Crippen LogP contribution in [0.4, 0.5) is 0 Å². The molecule has 0 N–H and O–H groups in total. The van der Waals surface area contributed by atoms with Gasteiger partial charge in [-0.05, 0) is 50.9 Å². The summed E-state index contributed by atoms with van der Waals surface area (Å²) in [5, 5.41) is 4.11. The van der Waals surface area contributed by atoms with Crippen molar-refractivity contribution in [2.24, 2.45) is 0 Å². The summed E-state index contributed by atoms with van der Waals surface area (Å²) in [5.74, 6) is 2.71. The van der Waals surface area contributed by atoms with Crippen LogP contribution in [0.2, 0.25) is 0 Å². The third kappa shape index (κ3) is 4.29. The minimum atomic E-state index is 0.00931. The number of carbonyl (C=O) groups excluding carboxylic acids is 1. The van der Waals surface area contributed by atoms with Gasteiger partial charge >= 0.3 is 0 Å². The molecule has 5 rings (SSSR count). The van der Waals surface area contributed by atoms with E-state index in [4.69, 9.17) is 9.26 Å². The summed E-state index contributed by atoms with van der Waals surface area (Å²) in [4.78, 5) is 21.3. The van der Waals surface area contributed by atoms with Crippen LogP contribution >= 0.6 is 0 Å². The smallest absolute Gasteiger partial charge is 0.261 e. The lowest BCUT2D eigenvalue weighted by atomic mass is 10.1.